The summed E-state index contributed by atoms with van der Waals surface area (Å²) in [5, 5.41) is 3.48. The fraction of sp³-hybridized carbons (Fsp3) is 0.833. The molecule has 1 N–H and O–H groups in total. The van der Waals surface area contributed by atoms with Crippen LogP contribution in [-0.4, -0.2) is 31.0 Å². The maximum atomic E-state index is 10.6. The quantitative estimate of drug-likeness (QED) is 0.667. The van der Waals surface area contributed by atoms with Gasteiger partial charge in [0, 0.05) is 0 Å². The Hall–Kier alpha value is 0.410. The minimum atomic E-state index is -1.25. The predicted octanol–water partition coefficient (Wildman–Crippen LogP) is 1.37. The Morgan fingerprint density at radius 1 is 1.60 bits per heavy atom. The molecule has 0 aliphatic heterocycles. The van der Waals surface area contributed by atoms with Crippen molar-refractivity contribution in [3.05, 3.63) is 0 Å². The van der Waals surface area contributed by atoms with Gasteiger partial charge in [-0.3, -0.25) is 0 Å². The van der Waals surface area contributed by atoms with Crippen LogP contribution in [0.15, 0.2) is 0 Å². The van der Waals surface area contributed by atoms with Crippen molar-refractivity contribution in [2.45, 2.75) is 6.92 Å². The van der Waals surface area contributed by atoms with Gasteiger partial charge in [-0.15, -0.1) is 0 Å². The summed E-state index contributed by atoms with van der Waals surface area (Å²) in [5.74, 6) is 0. The molecule has 0 spiro atoms. The summed E-state index contributed by atoms with van der Waals surface area (Å²) in [6, 6.07) is 0. The molecule has 0 radical (unpaired) electrons. The van der Waals surface area contributed by atoms with E-state index in [0.29, 0.717) is 0 Å². The number of nitrogens with one attached hydrogen (secondary N) is 1. The van der Waals surface area contributed by atoms with Gasteiger partial charge in [-0.1, -0.05) is 0 Å². The zero-order valence-electron chi connectivity index (χ0n) is 7.02. The van der Waals surface area contributed by atoms with Crippen LogP contribution in [0.25, 0.3) is 0 Å². The van der Waals surface area contributed by atoms with Gasteiger partial charge in [0.2, 0.25) is 0 Å². The average Bonchev–Trinajstić information content (AvgIpc) is 1.85. The summed E-state index contributed by atoms with van der Waals surface area (Å²) >= 11 is 1.42. The average molecular weight is 181 g/mol. The van der Waals surface area contributed by atoms with E-state index < -0.39 is 7.41 Å². The Morgan fingerprint density at radius 2 is 2.10 bits per heavy atom. The first-order valence-corrected chi connectivity index (χ1v) is 7.49. The second-order valence-electron chi connectivity index (χ2n) is 2.91. The van der Waals surface area contributed by atoms with E-state index in [1.54, 1.807) is 6.92 Å². The molecule has 0 saturated carbocycles. The summed E-state index contributed by atoms with van der Waals surface area (Å²) in [6.07, 6.45) is 0. The Labute approximate surface area is 67.5 Å². The van der Waals surface area contributed by atoms with Crippen LogP contribution in [0, 0.1) is 0 Å². The molecular formula is C6H16NOPS. The molecule has 0 unspecified atom stereocenters. The van der Waals surface area contributed by atoms with Gasteiger partial charge in [-0.2, -0.15) is 0 Å². The molecular weight excluding hydrogens is 165 g/mol. The third-order valence-corrected chi connectivity index (χ3v) is 6.54. The Balaban J connectivity index is 3.56. The molecule has 0 aliphatic rings. The van der Waals surface area contributed by atoms with E-state index in [-0.39, 0.29) is 5.12 Å². The first kappa shape index (κ1) is 10.4. The molecule has 0 aliphatic carbocycles. The molecule has 0 rings (SSSR count). The minimum absolute atomic E-state index is 0.218. The zero-order valence-corrected chi connectivity index (χ0v) is 8.84. The Kier molecular flexibility index (Phi) is 4.50. The van der Waals surface area contributed by atoms with E-state index >= 15 is 0 Å². The Bertz CT molecular complexity index is 127. The van der Waals surface area contributed by atoms with Gasteiger partial charge in [0.15, 0.2) is 0 Å². The van der Waals surface area contributed by atoms with Gasteiger partial charge in [0.1, 0.15) is 0 Å². The molecule has 2 nitrogen and oxygen atoms in total. The van der Waals surface area contributed by atoms with Gasteiger partial charge in [0.25, 0.3) is 0 Å². The summed E-state index contributed by atoms with van der Waals surface area (Å²) in [7, 11) is 0.717. The predicted molar refractivity (Wildman–Crippen MR) is 52.4 cm³/mol. The first-order chi connectivity index (χ1) is 4.48. The van der Waals surface area contributed by atoms with E-state index in [1.807, 2.05) is 7.05 Å². The van der Waals surface area contributed by atoms with Crippen molar-refractivity contribution in [3.63, 3.8) is 0 Å². The summed E-state index contributed by atoms with van der Waals surface area (Å²) in [6.45, 7) is 6.04. The second kappa shape index (κ2) is 4.32. The van der Waals surface area contributed by atoms with Crippen molar-refractivity contribution in [2.24, 2.45) is 0 Å². The number of hydrogen-bond donors (Lipinski definition) is 1. The SMILES string of the molecule is CN[PH](C)(C)CSC(C)=O. The van der Waals surface area contributed by atoms with E-state index in [4.69, 9.17) is 0 Å². The van der Waals surface area contributed by atoms with Gasteiger partial charge in [-0.25, -0.2) is 0 Å². The zero-order chi connectivity index (χ0) is 8.20. The van der Waals surface area contributed by atoms with Gasteiger partial charge in [0.05, 0.1) is 0 Å². The standard InChI is InChI=1S/C6H16NOPS/c1-6(8)10-5-9(3,4)7-2/h7,9H,5H2,1-4H3. The number of rotatable bonds is 3. The van der Waals surface area contributed by atoms with Crippen LogP contribution in [0.2, 0.25) is 0 Å². The summed E-state index contributed by atoms with van der Waals surface area (Å²) in [5.41, 5.74) is 0.971. The molecule has 0 aromatic carbocycles. The molecule has 0 amide bonds. The van der Waals surface area contributed by atoms with Gasteiger partial charge in [-0.05, 0) is 0 Å². The topological polar surface area (TPSA) is 29.1 Å². The van der Waals surface area contributed by atoms with Crippen LogP contribution in [0.3, 0.4) is 0 Å². The van der Waals surface area contributed by atoms with Crippen molar-refractivity contribution in [3.8, 4) is 0 Å². The van der Waals surface area contributed by atoms with Crippen LogP contribution in [0.5, 0.6) is 0 Å². The third kappa shape index (κ3) is 5.21. The van der Waals surface area contributed by atoms with Crippen LogP contribution in [0.1, 0.15) is 6.92 Å². The monoisotopic (exact) mass is 181 g/mol. The van der Waals surface area contributed by atoms with Crippen LogP contribution in [-0.2, 0) is 4.79 Å². The summed E-state index contributed by atoms with van der Waals surface area (Å²) < 4.78 is 0. The number of thioether (sulfide) groups is 1. The van der Waals surface area contributed by atoms with E-state index in [2.05, 4.69) is 18.4 Å². The molecule has 0 saturated heterocycles. The van der Waals surface area contributed by atoms with Crippen LogP contribution < -0.4 is 5.09 Å². The number of hydrogen-bond acceptors (Lipinski definition) is 3. The maximum absolute atomic E-state index is 10.6. The normalized spacial score (nSPS) is 13.2. The molecule has 0 bridgehead atoms. The van der Waals surface area contributed by atoms with E-state index in [9.17, 15) is 4.79 Å². The van der Waals surface area contributed by atoms with Crippen molar-refractivity contribution in [1.29, 1.82) is 0 Å². The molecule has 62 valence electrons. The van der Waals surface area contributed by atoms with Crippen molar-refractivity contribution in [2.75, 3.05) is 25.9 Å². The molecule has 4 heteroatoms. The fourth-order valence-corrected chi connectivity index (χ4v) is 3.19. The number of carbonyl (C=O) groups is 1. The third-order valence-electron chi connectivity index (χ3n) is 1.31. The molecule has 0 fully saturated rings. The molecule has 0 aromatic heterocycles. The molecule has 0 aromatic rings. The molecule has 0 heterocycles. The molecule has 0 atom stereocenters. The Morgan fingerprint density at radius 3 is 2.40 bits per heavy atom. The first-order valence-electron chi connectivity index (χ1n) is 3.30. The molecule has 10 heavy (non-hydrogen) atoms. The fourth-order valence-electron chi connectivity index (χ4n) is 0.354. The van der Waals surface area contributed by atoms with Crippen LogP contribution in [0.4, 0.5) is 0 Å². The number of carbonyl (C=O) groups excluding carboxylic acids is 1. The van der Waals surface area contributed by atoms with E-state index in [0.717, 1.165) is 5.49 Å². The van der Waals surface area contributed by atoms with Gasteiger partial charge < -0.3 is 0 Å². The van der Waals surface area contributed by atoms with Gasteiger partial charge >= 0.3 is 67.0 Å². The van der Waals surface area contributed by atoms with E-state index in [1.165, 1.54) is 11.8 Å². The van der Waals surface area contributed by atoms with Crippen molar-refractivity contribution in [1.82, 2.24) is 5.09 Å². The van der Waals surface area contributed by atoms with Crippen molar-refractivity contribution >= 4 is 24.3 Å². The van der Waals surface area contributed by atoms with Crippen LogP contribution >= 0.6 is 19.2 Å². The second-order valence-corrected chi connectivity index (χ2v) is 9.20. The van der Waals surface area contributed by atoms with Crippen molar-refractivity contribution < 1.29 is 4.79 Å². The summed E-state index contributed by atoms with van der Waals surface area (Å²) in [4.78, 5) is 10.6.